The highest BCUT2D eigenvalue weighted by Gasteiger charge is 2.17. The summed E-state index contributed by atoms with van der Waals surface area (Å²) >= 11 is 3.46. The van der Waals surface area contributed by atoms with Gasteiger partial charge in [-0.2, -0.15) is 0 Å². The first-order valence-corrected chi connectivity index (χ1v) is 8.14. The summed E-state index contributed by atoms with van der Waals surface area (Å²) in [5, 5.41) is 2.91. The molecule has 0 aliphatic carbocycles. The molecule has 1 aliphatic heterocycles. The number of fused-ring (bicyclic) bond motifs is 1. The number of hydrogen-bond donors (Lipinski definition) is 2. The Morgan fingerprint density at radius 1 is 1.55 bits per heavy atom. The highest BCUT2D eigenvalue weighted by Crippen LogP contribution is 2.27. The van der Waals surface area contributed by atoms with E-state index in [0.29, 0.717) is 32.0 Å². The number of halogens is 1. The van der Waals surface area contributed by atoms with Crippen LogP contribution >= 0.6 is 15.9 Å². The first kappa shape index (κ1) is 16.5. The number of rotatable bonds is 7. The predicted octanol–water partition coefficient (Wildman–Crippen LogP) is 2.68. The first-order chi connectivity index (χ1) is 10.6. The number of carbonyl (C=O) groups is 1. The van der Waals surface area contributed by atoms with Crippen molar-refractivity contribution >= 4 is 33.5 Å². The highest BCUT2D eigenvalue weighted by atomic mass is 79.9. The normalized spacial score (nSPS) is 13.3. The standard InChI is InChI=1S/C16H21BrN4O/c1-2-3-4-5-15(22)19-8-9-21-11-12-10-13(17)6-7-14(12)20-16(21)18/h2,6-7,10H,1,3-5,8-9,11H2,(H2,18,20)(H,19,22). The van der Waals surface area contributed by atoms with Crippen molar-refractivity contribution < 1.29 is 4.79 Å². The van der Waals surface area contributed by atoms with Crippen LogP contribution < -0.4 is 11.1 Å². The molecule has 0 unspecified atom stereocenters. The van der Waals surface area contributed by atoms with Gasteiger partial charge >= 0.3 is 0 Å². The minimum atomic E-state index is 0.0671. The zero-order valence-electron chi connectivity index (χ0n) is 12.5. The van der Waals surface area contributed by atoms with E-state index in [-0.39, 0.29) is 5.91 Å². The fraction of sp³-hybridized carbons (Fsp3) is 0.375. The van der Waals surface area contributed by atoms with Crippen molar-refractivity contribution in [2.45, 2.75) is 25.8 Å². The third-order valence-electron chi connectivity index (χ3n) is 3.48. The molecular weight excluding hydrogens is 344 g/mol. The molecule has 0 fully saturated rings. The summed E-state index contributed by atoms with van der Waals surface area (Å²) in [6.45, 7) is 5.56. The van der Waals surface area contributed by atoms with Crippen LogP contribution in [-0.2, 0) is 11.3 Å². The van der Waals surface area contributed by atoms with Gasteiger partial charge in [-0.05, 0) is 36.6 Å². The van der Waals surface area contributed by atoms with Gasteiger partial charge in [-0.1, -0.05) is 22.0 Å². The molecule has 0 saturated heterocycles. The van der Waals surface area contributed by atoms with Crippen molar-refractivity contribution in [3.8, 4) is 0 Å². The largest absolute Gasteiger partial charge is 0.369 e. The van der Waals surface area contributed by atoms with Gasteiger partial charge in [0, 0.05) is 30.5 Å². The second kappa shape index (κ2) is 7.98. The maximum absolute atomic E-state index is 11.7. The second-order valence-electron chi connectivity index (χ2n) is 5.20. The Hall–Kier alpha value is -1.82. The molecule has 6 heteroatoms. The van der Waals surface area contributed by atoms with Crippen LogP contribution in [-0.4, -0.2) is 29.9 Å². The Morgan fingerprint density at radius 3 is 3.14 bits per heavy atom. The number of guanidine groups is 1. The van der Waals surface area contributed by atoms with Gasteiger partial charge in [0.25, 0.3) is 0 Å². The van der Waals surface area contributed by atoms with Crippen LogP contribution in [0.4, 0.5) is 5.69 Å². The number of unbranched alkanes of at least 4 members (excludes halogenated alkanes) is 1. The van der Waals surface area contributed by atoms with Crippen molar-refractivity contribution in [1.82, 2.24) is 10.2 Å². The maximum atomic E-state index is 11.7. The zero-order valence-corrected chi connectivity index (χ0v) is 14.1. The Morgan fingerprint density at radius 2 is 2.36 bits per heavy atom. The topological polar surface area (TPSA) is 70.7 Å². The quantitative estimate of drug-likeness (QED) is 0.577. The molecule has 118 valence electrons. The lowest BCUT2D eigenvalue weighted by Gasteiger charge is -2.28. The van der Waals surface area contributed by atoms with Gasteiger partial charge in [-0.25, -0.2) is 4.99 Å². The molecule has 0 bridgehead atoms. The van der Waals surface area contributed by atoms with E-state index in [9.17, 15) is 4.79 Å². The Kier molecular flexibility index (Phi) is 6.00. The smallest absolute Gasteiger partial charge is 0.220 e. The molecule has 0 atom stereocenters. The lowest BCUT2D eigenvalue weighted by molar-refractivity contribution is -0.121. The molecule has 0 radical (unpaired) electrons. The molecular formula is C16H21BrN4O. The van der Waals surface area contributed by atoms with Crippen LogP contribution in [0.25, 0.3) is 0 Å². The number of hydrogen-bond acceptors (Lipinski definition) is 4. The van der Waals surface area contributed by atoms with Crippen LogP contribution in [0.5, 0.6) is 0 Å². The van der Waals surface area contributed by atoms with Crippen molar-refractivity contribution in [1.29, 1.82) is 0 Å². The van der Waals surface area contributed by atoms with E-state index < -0.39 is 0 Å². The number of nitrogens with two attached hydrogens (primary N) is 1. The third-order valence-corrected chi connectivity index (χ3v) is 3.97. The summed E-state index contributed by atoms with van der Waals surface area (Å²) in [5.41, 5.74) is 8.02. The molecule has 5 nitrogen and oxygen atoms in total. The summed E-state index contributed by atoms with van der Waals surface area (Å²) in [4.78, 5) is 18.0. The molecule has 1 aliphatic rings. The molecule has 2 rings (SSSR count). The van der Waals surface area contributed by atoms with Crippen LogP contribution in [0.3, 0.4) is 0 Å². The third kappa shape index (κ3) is 4.59. The van der Waals surface area contributed by atoms with E-state index in [1.165, 1.54) is 0 Å². The van der Waals surface area contributed by atoms with E-state index in [1.54, 1.807) is 0 Å². The van der Waals surface area contributed by atoms with Gasteiger partial charge in [0.1, 0.15) is 0 Å². The maximum Gasteiger partial charge on any atom is 0.220 e. The number of nitrogens with one attached hydrogen (secondary N) is 1. The summed E-state index contributed by atoms with van der Waals surface area (Å²) in [6.07, 6.45) is 4.06. The van der Waals surface area contributed by atoms with Gasteiger partial charge in [-0.15, -0.1) is 6.58 Å². The molecule has 3 N–H and O–H groups in total. The average molecular weight is 365 g/mol. The number of aliphatic imine (C=N–C) groups is 1. The molecule has 1 heterocycles. The van der Waals surface area contributed by atoms with Gasteiger partial charge in [0.05, 0.1) is 5.69 Å². The fourth-order valence-corrected chi connectivity index (χ4v) is 2.70. The summed E-state index contributed by atoms with van der Waals surface area (Å²) in [5.74, 6) is 0.563. The summed E-state index contributed by atoms with van der Waals surface area (Å²) in [7, 11) is 0. The minimum absolute atomic E-state index is 0.0671. The van der Waals surface area contributed by atoms with E-state index in [0.717, 1.165) is 28.6 Å². The monoisotopic (exact) mass is 364 g/mol. The second-order valence-corrected chi connectivity index (χ2v) is 6.11. The number of nitrogens with zero attached hydrogens (tertiary/aromatic N) is 2. The molecule has 1 aromatic carbocycles. The average Bonchev–Trinajstić information content (AvgIpc) is 2.48. The molecule has 0 saturated carbocycles. The molecule has 22 heavy (non-hydrogen) atoms. The lowest BCUT2D eigenvalue weighted by atomic mass is 10.1. The van der Waals surface area contributed by atoms with Gasteiger partial charge in [0.15, 0.2) is 5.96 Å². The van der Waals surface area contributed by atoms with Crippen molar-refractivity contribution in [2.24, 2.45) is 10.7 Å². The van der Waals surface area contributed by atoms with Crippen LogP contribution in [0.2, 0.25) is 0 Å². The van der Waals surface area contributed by atoms with E-state index in [1.807, 2.05) is 29.2 Å². The zero-order chi connectivity index (χ0) is 15.9. The highest BCUT2D eigenvalue weighted by molar-refractivity contribution is 9.10. The van der Waals surface area contributed by atoms with Gasteiger partial charge in [-0.3, -0.25) is 4.79 Å². The fourth-order valence-electron chi connectivity index (χ4n) is 2.29. The summed E-state index contributed by atoms with van der Waals surface area (Å²) < 4.78 is 1.03. The van der Waals surface area contributed by atoms with E-state index >= 15 is 0 Å². The molecule has 0 aromatic heterocycles. The summed E-state index contributed by atoms with van der Waals surface area (Å²) in [6, 6.07) is 5.95. The SMILES string of the molecule is C=CCCCC(=O)NCCN1Cc2cc(Br)ccc2N=C1N. The Labute approximate surface area is 139 Å². The van der Waals surface area contributed by atoms with Crippen LogP contribution in [0.1, 0.15) is 24.8 Å². The lowest BCUT2D eigenvalue weighted by Crippen LogP contribution is -2.43. The first-order valence-electron chi connectivity index (χ1n) is 7.35. The molecule has 0 spiro atoms. The molecule has 1 amide bonds. The minimum Gasteiger partial charge on any atom is -0.369 e. The predicted molar refractivity (Wildman–Crippen MR) is 92.9 cm³/mol. The van der Waals surface area contributed by atoms with Crippen molar-refractivity contribution in [3.05, 3.63) is 40.9 Å². The Balaban J connectivity index is 1.82. The number of allylic oxidation sites excluding steroid dienone is 1. The van der Waals surface area contributed by atoms with Crippen LogP contribution in [0, 0.1) is 0 Å². The van der Waals surface area contributed by atoms with Crippen LogP contribution in [0.15, 0.2) is 40.3 Å². The molecule has 1 aromatic rings. The van der Waals surface area contributed by atoms with E-state index in [4.69, 9.17) is 5.73 Å². The van der Waals surface area contributed by atoms with Gasteiger partial charge in [0.2, 0.25) is 5.91 Å². The van der Waals surface area contributed by atoms with Gasteiger partial charge < -0.3 is 16.0 Å². The number of carbonyl (C=O) groups excluding carboxylic acids is 1. The van der Waals surface area contributed by atoms with E-state index in [2.05, 4.69) is 32.8 Å². The number of amides is 1. The van der Waals surface area contributed by atoms with Crippen molar-refractivity contribution in [3.63, 3.8) is 0 Å². The number of benzene rings is 1. The Bertz CT molecular complexity index is 586. The van der Waals surface area contributed by atoms with Crippen molar-refractivity contribution in [2.75, 3.05) is 13.1 Å².